The van der Waals surface area contributed by atoms with Crippen molar-refractivity contribution in [2.24, 2.45) is 29.1 Å². The Kier molecular flexibility index (Phi) is 10.7. The van der Waals surface area contributed by atoms with Crippen LogP contribution in [0.3, 0.4) is 0 Å². The summed E-state index contributed by atoms with van der Waals surface area (Å²) in [6, 6.07) is 0. The van der Waals surface area contributed by atoms with Gasteiger partial charge in [0.05, 0.1) is 18.3 Å². The maximum Gasteiger partial charge on any atom is 0.192 e. The van der Waals surface area contributed by atoms with Gasteiger partial charge in [-0.05, 0) is 128 Å². The van der Waals surface area contributed by atoms with E-state index in [0.29, 0.717) is 29.1 Å². The average Bonchev–Trinajstić information content (AvgIpc) is 3.68. The highest BCUT2D eigenvalue weighted by Gasteiger charge is 2.50. The van der Waals surface area contributed by atoms with Crippen LogP contribution < -0.4 is 0 Å². The van der Waals surface area contributed by atoms with Crippen LogP contribution in [0.2, 0.25) is 36.3 Å². The molecule has 0 radical (unpaired) electrons. The number of hydrogen-bond donors (Lipinski definition) is 1. The van der Waals surface area contributed by atoms with E-state index < -0.39 is 16.6 Å². The molecule has 4 fully saturated rings. The molecule has 0 bridgehead atoms. The van der Waals surface area contributed by atoms with Gasteiger partial charge in [-0.2, -0.15) is 0 Å². The molecule has 0 saturated heterocycles. The van der Waals surface area contributed by atoms with E-state index in [2.05, 4.69) is 112 Å². The Hall–Kier alpha value is -0.726. The topological polar surface area (TPSA) is 38.7 Å². The molecule has 0 spiro atoms. The second kappa shape index (κ2) is 13.1. The summed E-state index contributed by atoms with van der Waals surface area (Å²) in [6.07, 6.45) is 19.9. The number of rotatable bonds is 9. The summed E-state index contributed by atoms with van der Waals surface area (Å²) >= 11 is 0. The van der Waals surface area contributed by atoms with Crippen LogP contribution in [0.4, 0.5) is 0 Å². The van der Waals surface area contributed by atoms with Gasteiger partial charge in [0.15, 0.2) is 16.6 Å². The minimum Gasteiger partial charge on any atom is -0.413 e. The molecule has 4 saturated carbocycles. The molecule has 1 N–H and O–H groups in total. The Morgan fingerprint density at radius 3 is 2.11 bits per heavy atom. The summed E-state index contributed by atoms with van der Waals surface area (Å²) in [4.78, 5) is 0. The standard InChI is InChI=1S/C39H68O3Si2/c1-27(16-23-35(40)30-18-19-30)33-21-22-34-29(15-14-24-39(33,34)9)17-20-31-25-32(41-43(10,11)37(3,4)5)26-36(28(31)2)42-44(12,13)38(6,7)8/h16-17,20,23,27,30,32-36,40H,2,14-15,18-19,21-22,24-26H2,1,3-13H3/b23-16+,29-17+,31-20+/t27-,32-,33?,34+,35-,36+,39-/m1/s1. The Morgan fingerprint density at radius 1 is 0.909 bits per heavy atom. The van der Waals surface area contributed by atoms with Gasteiger partial charge in [0, 0.05) is 6.42 Å². The molecule has 5 heteroatoms. The zero-order valence-corrected chi connectivity index (χ0v) is 32.7. The van der Waals surface area contributed by atoms with Gasteiger partial charge in [0.2, 0.25) is 0 Å². The molecule has 1 unspecified atom stereocenters. The molecule has 0 aromatic rings. The highest BCUT2D eigenvalue weighted by atomic mass is 28.4. The summed E-state index contributed by atoms with van der Waals surface area (Å²) in [5, 5.41) is 10.8. The second-order valence-electron chi connectivity index (χ2n) is 18.4. The van der Waals surface area contributed by atoms with Crippen LogP contribution in [0.5, 0.6) is 0 Å². The maximum absolute atomic E-state index is 10.5. The molecule has 3 nitrogen and oxygen atoms in total. The highest BCUT2D eigenvalue weighted by molar-refractivity contribution is 6.74. The summed E-state index contributed by atoms with van der Waals surface area (Å²) in [5.41, 5.74) is 4.49. The van der Waals surface area contributed by atoms with E-state index in [1.165, 1.54) is 56.1 Å². The van der Waals surface area contributed by atoms with Crippen LogP contribution in [0.1, 0.15) is 113 Å². The van der Waals surface area contributed by atoms with Gasteiger partial charge >= 0.3 is 0 Å². The number of fused-ring (bicyclic) bond motifs is 1. The molecule has 0 amide bonds. The Bertz CT molecular complexity index is 1130. The van der Waals surface area contributed by atoms with Crippen molar-refractivity contribution in [1.29, 1.82) is 0 Å². The van der Waals surface area contributed by atoms with Crippen molar-refractivity contribution in [1.82, 2.24) is 0 Å². The van der Waals surface area contributed by atoms with Gasteiger partial charge in [-0.15, -0.1) is 0 Å². The summed E-state index contributed by atoms with van der Waals surface area (Å²) in [5.74, 6) is 2.35. The Labute approximate surface area is 274 Å². The van der Waals surface area contributed by atoms with Gasteiger partial charge in [-0.3, -0.25) is 0 Å². The monoisotopic (exact) mass is 640 g/mol. The van der Waals surface area contributed by atoms with Gasteiger partial charge in [0.1, 0.15) is 0 Å². The Balaban J connectivity index is 1.57. The molecule has 4 aliphatic rings. The SMILES string of the molecule is C=C1/C(=C/C=C2\CCC[C@]3(C)C([C@H](C)/C=C/[C@@H](O)C4CC4)CC[C@@H]23)C[C@@H](O[Si](C)(C)C(C)(C)C)C[C@@H]1O[Si](C)(C)C(C)(C)C. The first-order valence-corrected chi connectivity index (χ1v) is 23.8. The number of hydrogen-bond acceptors (Lipinski definition) is 3. The van der Waals surface area contributed by atoms with E-state index >= 15 is 0 Å². The minimum absolute atomic E-state index is 0.0233. The van der Waals surface area contributed by atoms with Crippen molar-refractivity contribution >= 4 is 16.6 Å². The van der Waals surface area contributed by atoms with Gasteiger partial charge in [0.25, 0.3) is 0 Å². The molecule has 0 aromatic carbocycles. The van der Waals surface area contributed by atoms with Gasteiger partial charge < -0.3 is 14.0 Å². The minimum atomic E-state index is -1.98. The van der Waals surface area contributed by atoms with Gasteiger partial charge in [-0.1, -0.05) is 91.8 Å². The molecule has 44 heavy (non-hydrogen) atoms. The zero-order chi connectivity index (χ0) is 32.9. The van der Waals surface area contributed by atoms with E-state index in [-0.39, 0.29) is 28.4 Å². The third kappa shape index (κ3) is 7.86. The quantitative estimate of drug-likeness (QED) is 0.201. The van der Waals surface area contributed by atoms with E-state index in [9.17, 15) is 5.11 Å². The molecule has 0 heterocycles. The van der Waals surface area contributed by atoms with Crippen LogP contribution in [0.25, 0.3) is 0 Å². The van der Waals surface area contributed by atoms with E-state index in [1.54, 1.807) is 5.57 Å². The van der Waals surface area contributed by atoms with Crippen LogP contribution in [-0.4, -0.2) is 40.1 Å². The Morgan fingerprint density at radius 2 is 1.52 bits per heavy atom. The fraction of sp³-hybridized carbons (Fsp3) is 0.795. The van der Waals surface area contributed by atoms with Crippen LogP contribution in [0, 0.1) is 29.1 Å². The first-order valence-electron chi connectivity index (χ1n) is 18.0. The lowest BCUT2D eigenvalue weighted by molar-refractivity contribution is 0.0969. The molecule has 0 aromatic heterocycles. The van der Waals surface area contributed by atoms with Crippen LogP contribution in [0.15, 0.2) is 47.6 Å². The lowest BCUT2D eigenvalue weighted by Crippen LogP contribution is -2.49. The number of aliphatic hydroxyl groups excluding tert-OH is 1. The third-order valence-electron chi connectivity index (χ3n) is 13.1. The molecular formula is C39H68O3Si2. The molecule has 4 rings (SSSR count). The van der Waals surface area contributed by atoms with Gasteiger partial charge in [-0.25, -0.2) is 0 Å². The summed E-state index contributed by atoms with van der Waals surface area (Å²) in [7, 11) is -3.90. The van der Waals surface area contributed by atoms with Crippen molar-refractivity contribution in [3.63, 3.8) is 0 Å². The van der Waals surface area contributed by atoms with Crippen LogP contribution >= 0.6 is 0 Å². The van der Waals surface area contributed by atoms with Crippen LogP contribution in [-0.2, 0) is 8.85 Å². The predicted octanol–water partition coefficient (Wildman–Crippen LogP) is 11.1. The average molecular weight is 641 g/mol. The second-order valence-corrected chi connectivity index (χ2v) is 27.9. The predicted molar refractivity (Wildman–Crippen MR) is 194 cm³/mol. The van der Waals surface area contributed by atoms with Crippen molar-refractivity contribution in [2.75, 3.05) is 0 Å². The summed E-state index contributed by atoms with van der Waals surface area (Å²) < 4.78 is 14.2. The maximum atomic E-state index is 10.5. The van der Waals surface area contributed by atoms with E-state index in [0.717, 1.165) is 12.8 Å². The molecule has 250 valence electrons. The molecule has 4 aliphatic carbocycles. The third-order valence-corrected chi connectivity index (χ3v) is 22.1. The first kappa shape index (κ1) is 36.1. The van der Waals surface area contributed by atoms with E-state index in [1.807, 2.05) is 0 Å². The number of aliphatic hydroxyl groups is 1. The zero-order valence-electron chi connectivity index (χ0n) is 30.7. The first-order chi connectivity index (χ1) is 20.2. The van der Waals surface area contributed by atoms with E-state index in [4.69, 9.17) is 8.85 Å². The normalized spacial score (nSPS) is 34.2. The fourth-order valence-corrected chi connectivity index (χ4v) is 10.6. The fourth-order valence-electron chi connectivity index (χ4n) is 7.93. The number of allylic oxidation sites excluding steroid dienone is 4. The lowest BCUT2D eigenvalue weighted by Gasteiger charge is -2.45. The van der Waals surface area contributed by atoms with Crippen molar-refractivity contribution < 1.29 is 14.0 Å². The molecular weight excluding hydrogens is 573 g/mol. The van der Waals surface area contributed by atoms with Crippen molar-refractivity contribution in [2.45, 2.75) is 168 Å². The molecule has 0 aliphatic heterocycles. The highest BCUT2D eigenvalue weighted by Crippen LogP contribution is 2.59. The van der Waals surface area contributed by atoms with Crippen molar-refractivity contribution in [3.05, 3.63) is 47.6 Å². The largest absolute Gasteiger partial charge is 0.413 e. The lowest BCUT2D eigenvalue weighted by atomic mass is 9.61. The van der Waals surface area contributed by atoms with Crippen molar-refractivity contribution in [3.8, 4) is 0 Å². The molecule has 7 atom stereocenters. The smallest absolute Gasteiger partial charge is 0.192 e. The summed E-state index contributed by atoms with van der Waals surface area (Å²) in [6.45, 7) is 33.2.